The number of thiocarbonyl (C=S) groups is 1. The van der Waals surface area contributed by atoms with Crippen molar-refractivity contribution in [2.75, 3.05) is 18.5 Å². The number of nitrogens with one attached hydrogen (secondary N) is 2. The number of nitrogens with zero attached hydrogens (tertiary/aromatic N) is 3. The van der Waals surface area contributed by atoms with Crippen LogP contribution in [0.15, 0.2) is 67.0 Å². The molecule has 188 valence electrons. The number of hydrogen-bond donors (Lipinski definition) is 2. The van der Waals surface area contributed by atoms with E-state index in [4.69, 9.17) is 17.0 Å². The molecule has 8 heteroatoms. The molecule has 1 aromatic carbocycles. The first-order valence-electron chi connectivity index (χ1n) is 12.8. The van der Waals surface area contributed by atoms with Crippen LogP contribution in [0, 0.1) is 0 Å². The molecule has 0 saturated carbocycles. The molecule has 4 heterocycles. The third-order valence-corrected chi connectivity index (χ3v) is 7.39. The number of aromatic nitrogens is 2. The normalized spacial score (nSPS) is 21.5. The molecule has 2 N–H and O–H groups in total. The zero-order chi connectivity index (χ0) is 24.9. The molecule has 0 unspecified atom stereocenters. The highest BCUT2D eigenvalue weighted by molar-refractivity contribution is 7.80. The molecule has 5 rings (SSSR count). The number of carbonyl (C=O) groups is 1. The second-order valence-corrected chi connectivity index (χ2v) is 9.74. The van der Waals surface area contributed by atoms with Crippen LogP contribution in [0.25, 0.3) is 0 Å². The molecule has 2 aliphatic rings. The van der Waals surface area contributed by atoms with E-state index in [1.807, 2.05) is 48.7 Å². The average molecular weight is 504 g/mol. The van der Waals surface area contributed by atoms with Crippen LogP contribution < -0.4 is 10.6 Å². The minimum absolute atomic E-state index is 0.0199. The van der Waals surface area contributed by atoms with Crippen molar-refractivity contribution in [3.05, 3.63) is 83.9 Å². The van der Waals surface area contributed by atoms with E-state index < -0.39 is 0 Å². The van der Waals surface area contributed by atoms with Gasteiger partial charge in [-0.2, -0.15) is 0 Å². The Labute approximate surface area is 217 Å². The van der Waals surface area contributed by atoms with Crippen molar-refractivity contribution in [3.8, 4) is 0 Å². The van der Waals surface area contributed by atoms with Crippen molar-refractivity contribution in [1.29, 1.82) is 0 Å². The topological polar surface area (TPSA) is 71.4 Å². The van der Waals surface area contributed by atoms with E-state index in [9.17, 15) is 4.79 Å². The van der Waals surface area contributed by atoms with Crippen LogP contribution in [0.5, 0.6) is 0 Å². The highest BCUT2D eigenvalue weighted by Gasteiger charge is 2.41. The van der Waals surface area contributed by atoms with E-state index in [1.54, 1.807) is 0 Å². The third kappa shape index (κ3) is 5.29. The van der Waals surface area contributed by atoms with Crippen LogP contribution in [0.1, 0.15) is 55.2 Å². The van der Waals surface area contributed by atoms with Gasteiger partial charge in [-0.1, -0.05) is 31.2 Å². The summed E-state index contributed by atoms with van der Waals surface area (Å²) in [6, 6.07) is 17.9. The zero-order valence-corrected chi connectivity index (χ0v) is 21.4. The molecule has 1 amide bonds. The number of carbonyl (C=O) groups excluding carboxylic acids is 1. The number of amides is 1. The van der Waals surface area contributed by atoms with Crippen LogP contribution in [0.2, 0.25) is 0 Å². The monoisotopic (exact) mass is 503 g/mol. The van der Waals surface area contributed by atoms with Gasteiger partial charge in [0.05, 0.1) is 23.9 Å². The molecule has 0 bridgehead atoms. The Morgan fingerprint density at radius 3 is 2.83 bits per heavy atom. The summed E-state index contributed by atoms with van der Waals surface area (Å²) < 4.78 is 8.19. The number of para-hydroxylation sites is 1. The quantitative estimate of drug-likeness (QED) is 0.415. The predicted molar refractivity (Wildman–Crippen MR) is 145 cm³/mol. The molecule has 36 heavy (non-hydrogen) atoms. The third-order valence-electron chi connectivity index (χ3n) is 7.04. The van der Waals surface area contributed by atoms with Gasteiger partial charge in [0.2, 0.25) is 5.91 Å². The van der Waals surface area contributed by atoms with Gasteiger partial charge in [-0.05, 0) is 67.4 Å². The predicted octanol–water partition coefficient (Wildman–Crippen LogP) is 4.63. The van der Waals surface area contributed by atoms with Crippen molar-refractivity contribution < 1.29 is 9.53 Å². The van der Waals surface area contributed by atoms with E-state index >= 15 is 0 Å². The van der Waals surface area contributed by atoms with Gasteiger partial charge in [-0.15, -0.1) is 0 Å². The Kier molecular flexibility index (Phi) is 7.63. The van der Waals surface area contributed by atoms with Gasteiger partial charge in [0, 0.05) is 49.9 Å². The van der Waals surface area contributed by atoms with Crippen molar-refractivity contribution in [1.82, 2.24) is 19.8 Å². The molecule has 2 fully saturated rings. The van der Waals surface area contributed by atoms with Crippen molar-refractivity contribution in [3.63, 3.8) is 0 Å². The molecule has 2 aromatic heterocycles. The molecule has 0 aliphatic carbocycles. The van der Waals surface area contributed by atoms with Crippen LogP contribution in [0.3, 0.4) is 0 Å². The fourth-order valence-electron chi connectivity index (χ4n) is 5.22. The second kappa shape index (κ2) is 11.2. The first kappa shape index (κ1) is 24.5. The Bertz CT molecular complexity index is 1190. The van der Waals surface area contributed by atoms with Gasteiger partial charge in [0.1, 0.15) is 0 Å². The fourth-order valence-corrected chi connectivity index (χ4v) is 5.55. The Morgan fingerprint density at radius 2 is 2.06 bits per heavy atom. The molecule has 0 spiro atoms. The Morgan fingerprint density at radius 1 is 1.19 bits per heavy atom. The smallest absolute Gasteiger partial charge is 0.226 e. The van der Waals surface area contributed by atoms with Gasteiger partial charge in [-0.25, -0.2) is 0 Å². The Balaban J connectivity index is 1.37. The molecule has 3 atom stereocenters. The Hall–Kier alpha value is -3.23. The second-order valence-electron chi connectivity index (χ2n) is 9.35. The largest absolute Gasteiger partial charge is 0.376 e. The number of anilines is 1. The van der Waals surface area contributed by atoms with Crippen molar-refractivity contribution in [2.24, 2.45) is 0 Å². The summed E-state index contributed by atoms with van der Waals surface area (Å²) in [7, 11) is 0. The van der Waals surface area contributed by atoms with Gasteiger partial charge in [0.25, 0.3) is 0 Å². The molecule has 0 radical (unpaired) electrons. The summed E-state index contributed by atoms with van der Waals surface area (Å²) in [6.07, 6.45) is 7.53. The number of benzene rings is 1. The minimum Gasteiger partial charge on any atom is -0.376 e. The average Bonchev–Trinajstić information content (AvgIpc) is 3.65. The van der Waals surface area contributed by atoms with Gasteiger partial charge < -0.3 is 24.8 Å². The number of rotatable bonds is 9. The molecule has 3 aromatic rings. The molecular weight excluding hydrogens is 470 g/mol. The maximum Gasteiger partial charge on any atom is 0.226 e. The van der Waals surface area contributed by atoms with Crippen molar-refractivity contribution >= 4 is 28.9 Å². The van der Waals surface area contributed by atoms with E-state index in [-0.39, 0.29) is 24.1 Å². The van der Waals surface area contributed by atoms with Gasteiger partial charge in [-0.3, -0.25) is 9.78 Å². The molecule has 2 aliphatic heterocycles. The first-order chi connectivity index (χ1) is 17.6. The maximum absolute atomic E-state index is 13.0. The van der Waals surface area contributed by atoms with Gasteiger partial charge in [0.15, 0.2) is 5.11 Å². The van der Waals surface area contributed by atoms with Gasteiger partial charge >= 0.3 is 0 Å². The summed E-state index contributed by atoms with van der Waals surface area (Å²) in [5.41, 5.74) is 4.08. The minimum atomic E-state index is -0.110. The summed E-state index contributed by atoms with van der Waals surface area (Å²) >= 11 is 5.80. The van der Waals surface area contributed by atoms with Crippen LogP contribution >= 0.6 is 12.2 Å². The van der Waals surface area contributed by atoms with Crippen molar-refractivity contribution in [2.45, 2.75) is 57.3 Å². The van der Waals surface area contributed by atoms with Crippen LogP contribution in [-0.2, 0) is 22.5 Å². The summed E-state index contributed by atoms with van der Waals surface area (Å²) in [5.74, 6) is -0.0199. The lowest BCUT2D eigenvalue weighted by molar-refractivity contribution is -0.116. The number of hydrogen-bond acceptors (Lipinski definition) is 4. The standard InChI is InChI=1S/C28H33N5O2S/c1-2-20-9-3-4-11-22(20)30-25(34)14-17-33-27(26(31-28(33)36)23-12-5-6-15-29-23)24-13-7-16-32(24)19-21-10-8-18-35-21/h3-7,9,11-13,15-16,21,26-27H,2,8,10,14,17-19H2,1H3,(H,30,34)(H,31,36)/t21-,26-,27-/m1/s1. The van der Waals surface area contributed by atoms with Crippen LogP contribution in [-0.4, -0.2) is 44.7 Å². The molecular formula is C28H33N5O2S. The lowest BCUT2D eigenvalue weighted by atomic mass is 10.0. The van der Waals surface area contributed by atoms with Crippen LogP contribution in [0.4, 0.5) is 5.69 Å². The molecule has 2 saturated heterocycles. The van der Waals surface area contributed by atoms with E-state index in [0.717, 1.165) is 55.1 Å². The highest BCUT2D eigenvalue weighted by Crippen LogP contribution is 2.39. The lowest BCUT2D eigenvalue weighted by Gasteiger charge is -2.29. The maximum atomic E-state index is 13.0. The summed E-state index contributed by atoms with van der Waals surface area (Å²) in [4.78, 5) is 19.7. The zero-order valence-electron chi connectivity index (χ0n) is 20.6. The fraction of sp³-hybridized carbons (Fsp3) is 0.393. The molecule has 7 nitrogen and oxygen atoms in total. The first-order valence-corrected chi connectivity index (χ1v) is 13.2. The highest BCUT2D eigenvalue weighted by atomic mass is 32.1. The number of aryl methyl sites for hydroxylation is 1. The van der Waals surface area contributed by atoms with E-state index in [2.05, 4.69) is 50.3 Å². The SMILES string of the molecule is CCc1ccccc1NC(=O)CCN1C(=S)N[C@H](c2ccccn2)[C@H]1c1cccn1C[C@H]1CCCO1. The number of pyridine rings is 1. The number of ether oxygens (including phenoxy) is 1. The summed E-state index contributed by atoms with van der Waals surface area (Å²) in [5, 5.41) is 7.22. The van der Waals surface area contributed by atoms with E-state index in [1.165, 1.54) is 0 Å². The van der Waals surface area contributed by atoms with E-state index in [0.29, 0.717) is 18.1 Å². The summed E-state index contributed by atoms with van der Waals surface area (Å²) in [6.45, 7) is 4.23. The lowest BCUT2D eigenvalue weighted by Crippen LogP contribution is -2.33.